The van der Waals surface area contributed by atoms with Crippen LogP contribution in [-0.4, -0.2) is 37.1 Å². The highest BCUT2D eigenvalue weighted by atomic mass is 16.2. The summed E-state index contributed by atoms with van der Waals surface area (Å²) in [5.74, 6) is 0.457. The van der Waals surface area contributed by atoms with Gasteiger partial charge in [-0.3, -0.25) is 14.5 Å². The molecule has 0 spiro atoms. The van der Waals surface area contributed by atoms with Crippen molar-refractivity contribution in [3.05, 3.63) is 50.3 Å². The van der Waals surface area contributed by atoms with Crippen LogP contribution >= 0.6 is 0 Å². The number of nitrogens with zero attached hydrogens (tertiary/aromatic N) is 2. The summed E-state index contributed by atoms with van der Waals surface area (Å²) in [7, 11) is 0. The Hall–Kier alpha value is -1.94. The third-order valence-electron chi connectivity index (χ3n) is 6.47. The molecule has 2 aromatic rings. The van der Waals surface area contributed by atoms with Crippen molar-refractivity contribution in [2.75, 3.05) is 31.1 Å². The lowest BCUT2D eigenvalue weighted by Gasteiger charge is -2.42. The van der Waals surface area contributed by atoms with Gasteiger partial charge >= 0.3 is 0 Å². The maximum Gasteiger partial charge on any atom is 0.250 e. The number of hydrogen-bond donors (Lipinski definition) is 0. The highest BCUT2D eigenvalue weighted by Crippen LogP contribution is 2.30. The third kappa shape index (κ3) is 3.47. The molecule has 0 radical (unpaired) electrons. The van der Waals surface area contributed by atoms with Gasteiger partial charge in [0.1, 0.15) is 5.69 Å². The van der Waals surface area contributed by atoms with Crippen LogP contribution in [0, 0.1) is 0 Å². The normalized spacial score (nSPS) is 19.9. The van der Waals surface area contributed by atoms with Crippen LogP contribution in [0.3, 0.4) is 0 Å². The summed E-state index contributed by atoms with van der Waals surface area (Å²) in [6.07, 6.45) is 6.69. The Morgan fingerprint density at radius 3 is 2.07 bits per heavy atom. The number of rotatable bonds is 4. The van der Waals surface area contributed by atoms with Crippen molar-refractivity contribution < 1.29 is 0 Å². The molecule has 0 aromatic heterocycles. The van der Waals surface area contributed by atoms with Crippen molar-refractivity contribution in [2.24, 2.45) is 0 Å². The molecule has 1 heterocycles. The predicted octanol–water partition coefficient (Wildman–Crippen LogP) is 3.53. The maximum atomic E-state index is 12.3. The molecule has 4 heteroatoms. The lowest BCUT2D eigenvalue weighted by Crippen LogP contribution is -2.54. The molecule has 144 valence electrons. The Labute approximate surface area is 161 Å². The SMILES string of the molecule is CC(C)c1ccc(-c2c(N3CCN(C4CCCCC4)CC3)c(=O)c2=O)cc1. The van der Waals surface area contributed by atoms with Crippen LogP contribution in [0.4, 0.5) is 5.69 Å². The second-order valence-electron chi connectivity index (χ2n) is 8.47. The van der Waals surface area contributed by atoms with Gasteiger partial charge in [0.25, 0.3) is 0 Å². The van der Waals surface area contributed by atoms with E-state index in [2.05, 4.69) is 35.8 Å². The molecule has 1 aliphatic heterocycles. The molecule has 0 amide bonds. The first-order valence-corrected chi connectivity index (χ1v) is 10.5. The minimum atomic E-state index is -0.322. The van der Waals surface area contributed by atoms with Crippen molar-refractivity contribution in [3.8, 4) is 11.1 Å². The van der Waals surface area contributed by atoms with Crippen molar-refractivity contribution in [1.29, 1.82) is 0 Å². The Morgan fingerprint density at radius 2 is 1.48 bits per heavy atom. The van der Waals surface area contributed by atoms with Crippen molar-refractivity contribution in [2.45, 2.75) is 57.9 Å². The molecule has 1 aliphatic carbocycles. The van der Waals surface area contributed by atoms with Crippen LogP contribution in [0.5, 0.6) is 0 Å². The molecule has 4 rings (SSSR count). The van der Waals surface area contributed by atoms with E-state index in [0.717, 1.165) is 37.8 Å². The van der Waals surface area contributed by atoms with Gasteiger partial charge in [-0.2, -0.15) is 0 Å². The fraction of sp³-hybridized carbons (Fsp3) is 0.565. The van der Waals surface area contributed by atoms with E-state index in [1.807, 2.05) is 12.1 Å². The fourth-order valence-electron chi connectivity index (χ4n) is 4.74. The summed E-state index contributed by atoms with van der Waals surface area (Å²) in [6, 6.07) is 8.85. The molecule has 1 saturated carbocycles. The minimum Gasteiger partial charge on any atom is -0.365 e. The van der Waals surface area contributed by atoms with Gasteiger partial charge in [0.05, 0.1) is 5.56 Å². The highest BCUT2D eigenvalue weighted by molar-refractivity contribution is 5.82. The Balaban J connectivity index is 1.50. The molecule has 27 heavy (non-hydrogen) atoms. The summed E-state index contributed by atoms with van der Waals surface area (Å²) in [6.45, 7) is 7.99. The van der Waals surface area contributed by atoms with Crippen LogP contribution in [0.1, 0.15) is 57.4 Å². The number of piperazine rings is 1. The van der Waals surface area contributed by atoms with E-state index in [-0.39, 0.29) is 10.9 Å². The van der Waals surface area contributed by atoms with Crippen molar-refractivity contribution in [3.63, 3.8) is 0 Å². The lowest BCUT2D eigenvalue weighted by molar-refractivity contribution is 0.148. The molecule has 0 bridgehead atoms. The number of hydrogen-bond acceptors (Lipinski definition) is 4. The van der Waals surface area contributed by atoms with Gasteiger partial charge in [0, 0.05) is 32.2 Å². The summed E-state index contributed by atoms with van der Waals surface area (Å²) in [4.78, 5) is 29.4. The average molecular weight is 367 g/mol. The Kier molecular flexibility index (Phi) is 5.18. The average Bonchev–Trinajstić information content (AvgIpc) is 2.72. The Morgan fingerprint density at radius 1 is 0.852 bits per heavy atom. The summed E-state index contributed by atoms with van der Waals surface area (Å²) in [5, 5.41) is 0. The predicted molar refractivity (Wildman–Crippen MR) is 112 cm³/mol. The molecule has 1 saturated heterocycles. The molecule has 2 aliphatic rings. The molecule has 4 nitrogen and oxygen atoms in total. The van der Waals surface area contributed by atoms with Gasteiger partial charge in [-0.1, -0.05) is 57.4 Å². The van der Waals surface area contributed by atoms with Crippen molar-refractivity contribution in [1.82, 2.24) is 4.90 Å². The van der Waals surface area contributed by atoms with Gasteiger partial charge in [0.2, 0.25) is 10.9 Å². The van der Waals surface area contributed by atoms with Crippen LogP contribution in [0.25, 0.3) is 11.1 Å². The molecule has 2 aromatic carbocycles. The van der Waals surface area contributed by atoms with E-state index >= 15 is 0 Å². The molecular formula is C23H30N2O2. The van der Waals surface area contributed by atoms with E-state index in [0.29, 0.717) is 17.2 Å². The van der Waals surface area contributed by atoms with Crippen LogP contribution in [0.15, 0.2) is 33.9 Å². The quantitative estimate of drug-likeness (QED) is 0.776. The van der Waals surface area contributed by atoms with E-state index < -0.39 is 0 Å². The maximum absolute atomic E-state index is 12.3. The van der Waals surface area contributed by atoms with Gasteiger partial charge in [-0.25, -0.2) is 0 Å². The van der Waals surface area contributed by atoms with Gasteiger partial charge < -0.3 is 4.90 Å². The molecule has 0 atom stereocenters. The first-order valence-electron chi connectivity index (χ1n) is 10.5. The number of benzene rings is 1. The van der Waals surface area contributed by atoms with Crippen LogP contribution in [-0.2, 0) is 0 Å². The fourth-order valence-corrected chi connectivity index (χ4v) is 4.74. The summed E-state index contributed by atoms with van der Waals surface area (Å²) >= 11 is 0. The molecule has 0 unspecified atom stereocenters. The van der Waals surface area contributed by atoms with Crippen LogP contribution in [0.2, 0.25) is 0 Å². The summed E-state index contributed by atoms with van der Waals surface area (Å²) in [5.41, 5.74) is 2.79. The smallest absolute Gasteiger partial charge is 0.250 e. The standard InChI is InChI=1S/C23H30N2O2/c1-16(2)17-8-10-18(11-9-17)20-21(23(27)22(20)26)25-14-12-24(13-15-25)19-6-4-3-5-7-19/h8-11,16,19H,3-7,12-15H2,1-2H3. The van der Waals surface area contributed by atoms with Gasteiger partial charge in [0.15, 0.2) is 0 Å². The summed E-state index contributed by atoms with van der Waals surface area (Å²) < 4.78 is 0. The first kappa shape index (κ1) is 18.4. The van der Waals surface area contributed by atoms with Gasteiger partial charge in [-0.05, 0) is 29.9 Å². The number of anilines is 1. The van der Waals surface area contributed by atoms with Gasteiger partial charge in [-0.15, -0.1) is 0 Å². The van der Waals surface area contributed by atoms with E-state index in [1.165, 1.54) is 37.7 Å². The third-order valence-corrected chi connectivity index (χ3v) is 6.47. The topological polar surface area (TPSA) is 40.6 Å². The first-order chi connectivity index (χ1) is 13.1. The molecule has 2 fully saturated rings. The van der Waals surface area contributed by atoms with E-state index in [1.54, 1.807) is 0 Å². The second-order valence-corrected chi connectivity index (χ2v) is 8.47. The highest BCUT2D eigenvalue weighted by Gasteiger charge is 2.31. The van der Waals surface area contributed by atoms with Crippen molar-refractivity contribution >= 4 is 5.69 Å². The second kappa shape index (κ2) is 7.59. The molecule has 0 N–H and O–H groups in total. The van der Waals surface area contributed by atoms with E-state index in [9.17, 15) is 9.59 Å². The van der Waals surface area contributed by atoms with E-state index in [4.69, 9.17) is 0 Å². The zero-order valence-electron chi connectivity index (χ0n) is 16.5. The largest absolute Gasteiger partial charge is 0.365 e. The zero-order chi connectivity index (χ0) is 19.0. The zero-order valence-corrected chi connectivity index (χ0v) is 16.5. The monoisotopic (exact) mass is 366 g/mol. The van der Waals surface area contributed by atoms with Crippen LogP contribution < -0.4 is 15.8 Å². The minimum absolute atomic E-state index is 0.302. The lowest BCUT2D eigenvalue weighted by atomic mass is 9.93. The Bertz CT molecular complexity index is 848. The molecular weight excluding hydrogens is 336 g/mol.